The molecule has 0 bridgehead atoms. The summed E-state index contributed by atoms with van der Waals surface area (Å²) in [6, 6.07) is 9.75. The molecule has 1 saturated carbocycles. The van der Waals surface area contributed by atoms with Gasteiger partial charge in [-0.15, -0.1) is 11.3 Å². The number of nitrogens with two attached hydrogens (primary N) is 1. The molecule has 1 aliphatic carbocycles. The minimum absolute atomic E-state index is 0.274. The second-order valence-electron chi connectivity index (χ2n) is 4.97. The number of anilines is 1. The van der Waals surface area contributed by atoms with Crippen LogP contribution in [0.25, 0.3) is 0 Å². The third-order valence-electron chi connectivity index (χ3n) is 3.72. The first-order valence-corrected chi connectivity index (χ1v) is 6.96. The number of thiophene rings is 1. The number of aryl methyl sites for hydroxylation is 1. The van der Waals surface area contributed by atoms with Crippen molar-refractivity contribution in [1.82, 2.24) is 0 Å². The lowest BCUT2D eigenvalue weighted by Gasteiger charge is -2.14. The van der Waals surface area contributed by atoms with Crippen molar-refractivity contribution < 1.29 is 4.79 Å². The molecule has 2 nitrogen and oxygen atoms in total. The standard InChI is InChI=1S/C15H15NOS/c1-10-6-9-18-13(10)14(17)15(7-8-15)11-2-4-12(16)5-3-11/h2-6,9H,7-8,16H2,1H3. The van der Waals surface area contributed by atoms with Crippen molar-refractivity contribution in [3.63, 3.8) is 0 Å². The molecule has 1 fully saturated rings. The summed E-state index contributed by atoms with van der Waals surface area (Å²) in [6.07, 6.45) is 1.90. The van der Waals surface area contributed by atoms with E-state index in [9.17, 15) is 4.79 Å². The molecule has 1 heterocycles. The van der Waals surface area contributed by atoms with Gasteiger partial charge in [0.2, 0.25) is 0 Å². The van der Waals surface area contributed by atoms with Crippen LogP contribution < -0.4 is 5.73 Å². The number of hydrogen-bond acceptors (Lipinski definition) is 3. The molecule has 0 saturated heterocycles. The van der Waals surface area contributed by atoms with E-state index in [0.717, 1.165) is 34.5 Å². The first kappa shape index (κ1) is 11.5. The van der Waals surface area contributed by atoms with E-state index in [4.69, 9.17) is 5.73 Å². The number of carbonyl (C=O) groups is 1. The van der Waals surface area contributed by atoms with E-state index >= 15 is 0 Å². The van der Waals surface area contributed by atoms with Crippen LogP contribution in [0.5, 0.6) is 0 Å². The highest BCUT2D eigenvalue weighted by molar-refractivity contribution is 7.12. The van der Waals surface area contributed by atoms with E-state index in [-0.39, 0.29) is 11.2 Å². The van der Waals surface area contributed by atoms with Crippen molar-refractivity contribution in [2.24, 2.45) is 0 Å². The summed E-state index contributed by atoms with van der Waals surface area (Å²) < 4.78 is 0. The fourth-order valence-corrected chi connectivity index (χ4v) is 3.36. The summed E-state index contributed by atoms with van der Waals surface area (Å²) in [5.74, 6) is 0.278. The van der Waals surface area contributed by atoms with Crippen LogP contribution in [0.1, 0.15) is 33.6 Å². The molecule has 3 heteroatoms. The Balaban J connectivity index is 1.99. The number of rotatable bonds is 3. The van der Waals surface area contributed by atoms with Gasteiger partial charge >= 0.3 is 0 Å². The van der Waals surface area contributed by atoms with Crippen molar-refractivity contribution in [2.45, 2.75) is 25.2 Å². The van der Waals surface area contributed by atoms with Crippen LogP contribution in [0.3, 0.4) is 0 Å². The second kappa shape index (κ2) is 3.95. The second-order valence-corrected chi connectivity index (χ2v) is 5.88. The Hall–Kier alpha value is -1.61. The zero-order chi connectivity index (χ0) is 12.8. The Bertz CT molecular complexity index is 593. The van der Waals surface area contributed by atoms with Crippen LogP contribution >= 0.6 is 11.3 Å². The molecular formula is C15H15NOS. The SMILES string of the molecule is Cc1ccsc1C(=O)C1(c2ccc(N)cc2)CC1. The highest BCUT2D eigenvalue weighted by atomic mass is 32.1. The van der Waals surface area contributed by atoms with Gasteiger partial charge in [0.25, 0.3) is 0 Å². The largest absolute Gasteiger partial charge is 0.399 e. The molecule has 92 valence electrons. The first-order chi connectivity index (χ1) is 8.63. The lowest BCUT2D eigenvalue weighted by atomic mass is 9.89. The number of hydrogen-bond donors (Lipinski definition) is 1. The van der Waals surface area contributed by atoms with Crippen molar-refractivity contribution in [3.05, 3.63) is 51.7 Å². The van der Waals surface area contributed by atoms with Crippen molar-refractivity contribution in [3.8, 4) is 0 Å². The lowest BCUT2D eigenvalue weighted by molar-refractivity contribution is 0.0949. The zero-order valence-electron chi connectivity index (χ0n) is 10.3. The fourth-order valence-electron chi connectivity index (χ4n) is 2.40. The molecule has 0 spiro atoms. The maximum Gasteiger partial charge on any atom is 0.183 e. The van der Waals surface area contributed by atoms with Gasteiger partial charge in [-0.3, -0.25) is 4.79 Å². The Morgan fingerprint density at radius 3 is 2.39 bits per heavy atom. The monoisotopic (exact) mass is 257 g/mol. The van der Waals surface area contributed by atoms with Crippen LogP contribution in [0.4, 0.5) is 5.69 Å². The van der Waals surface area contributed by atoms with Gasteiger partial charge in [-0.05, 0) is 54.5 Å². The maximum absolute atomic E-state index is 12.7. The quantitative estimate of drug-likeness (QED) is 0.675. The summed E-state index contributed by atoms with van der Waals surface area (Å²) in [7, 11) is 0. The maximum atomic E-state index is 12.7. The lowest BCUT2D eigenvalue weighted by Crippen LogP contribution is -2.20. The molecule has 1 aromatic heterocycles. The zero-order valence-corrected chi connectivity index (χ0v) is 11.1. The number of ketones is 1. The molecule has 0 atom stereocenters. The summed E-state index contributed by atoms with van der Waals surface area (Å²) >= 11 is 1.55. The van der Waals surface area contributed by atoms with Gasteiger partial charge in [0, 0.05) is 5.69 Å². The van der Waals surface area contributed by atoms with E-state index in [2.05, 4.69) is 0 Å². The number of Topliss-reactive ketones (excluding diaryl/α,β-unsaturated/α-hetero) is 1. The predicted octanol–water partition coefficient (Wildman–Crippen LogP) is 3.55. The third kappa shape index (κ3) is 1.66. The fraction of sp³-hybridized carbons (Fsp3) is 0.267. The van der Waals surface area contributed by atoms with E-state index in [1.165, 1.54) is 0 Å². The van der Waals surface area contributed by atoms with Crippen LogP contribution in [0.15, 0.2) is 35.7 Å². The summed E-state index contributed by atoms with van der Waals surface area (Å²) in [5.41, 5.74) is 8.37. The summed E-state index contributed by atoms with van der Waals surface area (Å²) in [5, 5.41) is 1.99. The van der Waals surface area contributed by atoms with Gasteiger partial charge in [0.1, 0.15) is 0 Å². The van der Waals surface area contributed by atoms with Gasteiger partial charge in [-0.1, -0.05) is 12.1 Å². The smallest absolute Gasteiger partial charge is 0.183 e. The van der Waals surface area contributed by atoms with E-state index in [1.807, 2.05) is 42.6 Å². The van der Waals surface area contributed by atoms with Gasteiger partial charge in [0.05, 0.1) is 10.3 Å². The highest BCUT2D eigenvalue weighted by Crippen LogP contribution is 2.51. The molecule has 1 aromatic carbocycles. The van der Waals surface area contributed by atoms with Crippen LogP contribution in [0.2, 0.25) is 0 Å². The van der Waals surface area contributed by atoms with Crippen LogP contribution in [-0.2, 0) is 5.41 Å². The van der Waals surface area contributed by atoms with Gasteiger partial charge in [-0.25, -0.2) is 0 Å². The van der Waals surface area contributed by atoms with Crippen molar-refractivity contribution >= 4 is 22.8 Å². The van der Waals surface area contributed by atoms with Gasteiger partial charge in [0.15, 0.2) is 5.78 Å². The average Bonchev–Trinajstić information content (AvgIpc) is 3.07. The molecule has 1 aliphatic rings. The van der Waals surface area contributed by atoms with E-state index < -0.39 is 0 Å². The molecular weight excluding hydrogens is 242 g/mol. The first-order valence-electron chi connectivity index (χ1n) is 6.08. The number of nitrogen functional groups attached to an aromatic ring is 1. The summed E-state index contributed by atoms with van der Waals surface area (Å²) in [6.45, 7) is 2.00. The van der Waals surface area contributed by atoms with Crippen LogP contribution in [-0.4, -0.2) is 5.78 Å². The van der Waals surface area contributed by atoms with Crippen molar-refractivity contribution in [2.75, 3.05) is 5.73 Å². The Labute approximate surface area is 110 Å². The molecule has 0 unspecified atom stereocenters. The molecule has 2 aromatic rings. The Morgan fingerprint density at radius 2 is 1.89 bits per heavy atom. The van der Waals surface area contributed by atoms with Gasteiger partial charge < -0.3 is 5.73 Å². The minimum atomic E-state index is -0.274. The number of benzene rings is 1. The average molecular weight is 257 g/mol. The van der Waals surface area contributed by atoms with Crippen molar-refractivity contribution in [1.29, 1.82) is 0 Å². The van der Waals surface area contributed by atoms with Gasteiger partial charge in [-0.2, -0.15) is 0 Å². The Morgan fingerprint density at radius 1 is 1.22 bits per heavy atom. The Kier molecular flexibility index (Phi) is 2.52. The molecule has 2 N–H and O–H groups in total. The number of carbonyl (C=O) groups excluding carboxylic acids is 1. The molecule has 0 radical (unpaired) electrons. The van der Waals surface area contributed by atoms with E-state index in [0.29, 0.717) is 0 Å². The minimum Gasteiger partial charge on any atom is -0.399 e. The third-order valence-corrected chi connectivity index (χ3v) is 4.73. The summed E-state index contributed by atoms with van der Waals surface area (Å²) in [4.78, 5) is 13.6. The molecule has 0 aliphatic heterocycles. The topological polar surface area (TPSA) is 43.1 Å². The molecule has 18 heavy (non-hydrogen) atoms. The van der Waals surface area contributed by atoms with E-state index in [1.54, 1.807) is 11.3 Å². The predicted molar refractivity (Wildman–Crippen MR) is 75.2 cm³/mol. The molecule has 3 rings (SSSR count). The highest BCUT2D eigenvalue weighted by Gasteiger charge is 2.51. The normalized spacial score (nSPS) is 16.5. The molecule has 0 amide bonds. The van der Waals surface area contributed by atoms with Crippen LogP contribution in [0, 0.1) is 6.92 Å².